The fourth-order valence-electron chi connectivity index (χ4n) is 3.93. The molecular formula is C28H29NO4. The van der Waals surface area contributed by atoms with E-state index in [1.807, 2.05) is 61.5 Å². The summed E-state index contributed by atoms with van der Waals surface area (Å²) in [5.74, 6) is 0.897. The lowest BCUT2D eigenvalue weighted by molar-refractivity contribution is 0.281. The lowest BCUT2D eigenvalue weighted by Crippen LogP contribution is -2.15. The number of fused-ring (bicyclic) bond motifs is 1. The summed E-state index contributed by atoms with van der Waals surface area (Å²) in [6, 6.07) is 20.8. The number of ether oxygens (including phenoxy) is 1. The molecule has 4 aromatic rings. The first-order valence-corrected chi connectivity index (χ1v) is 11.1. The molecule has 3 aromatic carbocycles. The molecule has 0 radical (unpaired) electrons. The third-order valence-corrected chi connectivity index (χ3v) is 5.66. The molecule has 4 rings (SSSR count). The van der Waals surface area contributed by atoms with E-state index in [1.165, 1.54) is 6.07 Å². The number of hydrogen-bond donors (Lipinski definition) is 1. The SMILES string of the molecule is Cc1ccc(-c2c(Cc3ccc(OCCCN(C)C)cc3)c3ccc(O)cc3oc2=O)cc1. The average molecular weight is 444 g/mol. The summed E-state index contributed by atoms with van der Waals surface area (Å²) in [6.45, 7) is 3.67. The van der Waals surface area contributed by atoms with E-state index in [-0.39, 0.29) is 5.75 Å². The highest BCUT2D eigenvalue weighted by atomic mass is 16.5. The second-order valence-corrected chi connectivity index (χ2v) is 8.62. The Kier molecular flexibility index (Phi) is 6.80. The van der Waals surface area contributed by atoms with E-state index in [1.54, 1.807) is 6.07 Å². The molecule has 0 atom stereocenters. The third kappa shape index (κ3) is 5.44. The number of nitrogens with zero attached hydrogens (tertiary/aromatic N) is 1. The molecule has 0 saturated heterocycles. The van der Waals surface area contributed by atoms with Gasteiger partial charge in [-0.15, -0.1) is 0 Å². The fraction of sp³-hybridized carbons (Fsp3) is 0.250. The minimum absolute atomic E-state index is 0.0652. The maximum absolute atomic E-state index is 13.0. The number of aryl methyl sites for hydroxylation is 1. The molecule has 170 valence electrons. The van der Waals surface area contributed by atoms with Crippen LogP contribution in [0, 0.1) is 6.92 Å². The Morgan fingerprint density at radius 2 is 1.70 bits per heavy atom. The molecule has 0 bridgehead atoms. The van der Waals surface area contributed by atoms with Gasteiger partial charge < -0.3 is 19.2 Å². The monoisotopic (exact) mass is 443 g/mol. The number of rotatable bonds is 8. The number of hydrogen-bond acceptors (Lipinski definition) is 5. The average Bonchev–Trinajstić information content (AvgIpc) is 2.78. The number of phenolic OH excluding ortho intramolecular Hbond substituents is 1. The van der Waals surface area contributed by atoms with Gasteiger partial charge in [0.1, 0.15) is 17.1 Å². The molecule has 5 nitrogen and oxygen atoms in total. The van der Waals surface area contributed by atoms with Crippen LogP contribution >= 0.6 is 0 Å². The smallest absolute Gasteiger partial charge is 0.344 e. The molecule has 1 N–H and O–H groups in total. The molecule has 0 saturated carbocycles. The standard InChI is InChI=1S/C28H29NO4/c1-19-5-9-21(10-6-19)27-25(24-14-11-22(30)18-26(24)33-28(27)31)17-20-7-12-23(13-8-20)32-16-4-15-29(2)3/h5-14,18,30H,4,15-17H2,1-3H3. The number of phenols is 1. The molecule has 1 aromatic heterocycles. The zero-order valence-corrected chi connectivity index (χ0v) is 19.3. The van der Waals surface area contributed by atoms with Crippen LogP contribution in [0.1, 0.15) is 23.1 Å². The van der Waals surface area contributed by atoms with E-state index in [0.29, 0.717) is 24.2 Å². The Labute approximate surface area is 193 Å². The molecule has 0 aliphatic rings. The van der Waals surface area contributed by atoms with Crippen molar-refractivity contribution in [3.05, 3.63) is 93.8 Å². The van der Waals surface area contributed by atoms with Crippen LogP contribution in [-0.4, -0.2) is 37.3 Å². The van der Waals surface area contributed by atoms with Crippen molar-refractivity contribution in [2.75, 3.05) is 27.2 Å². The van der Waals surface area contributed by atoms with Gasteiger partial charge in [-0.25, -0.2) is 4.79 Å². The molecule has 5 heteroatoms. The van der Waals surface area contributed by atoms with Crippen LogP contribution in [0.25, 0.3) is 22.1 Å². The Morgan fingerprint density at radius 1 is 0.970 bits per heavy atom. The summed E-state index contributed by atoms with van der Waals surface area (Å²) in [6.07, 6.45) is 1.52. The topological polar surface area (TPSA) is 62.9 Å². The van der Waals surface area contributed by atoms with Gasteiger partial charge in [0.05, 0.1) is 12.2 Å². The minimum Gasteiger partial charge on any atom is -0.508 e. The quantitative estimate of drug-likeness (QED) is 0.292. The van der Waals surface area contributed by atoms with Crippen LogP contribution in [0.3, 0.4) is 0 Å². The highest BCUT2D eigenvalue weighted by Gasteiger charge is 2.17. The van der Waals surface area contributed by atoms with Crippen molar-refractivity contribution in [2.45, 2.75) is 19.8 Å². The van der Waals surface area contributed by atoms with Gasteiger partial charge >= 0.3 is 5.63 Å². The van der Waals surface area contributed by atoms with Crippen LogP contribution in [0.4, 0.5) is 0 Å². The first-order chi connectivity index (χ1) is 15.9. The Balaban J connectivity index is 1.68. The van der Waals surface area contributed by atoms with E-state index >= 15 is 0 Å². The van der Waals surface area contributed by atoms with Gasteiger partial charge in [0.25, 0.3) is 0 Å². The van der Waals surface area contributed by atoms with Crippen molar-refractivity contribution in [2.24, 2.45) is 0 Å². The van der Waals surface area contributed by atoms with Gasteiger partial charge in [-0.3, -0.25) is 0 Å². The van der Waals surface area contributed by atoms with Gasteiger partial charge in [-0.05, 0) is 74.8 Å². The van der Waals surface area contributed by atoms with Crippen molar-refractivity contribution < 1.29 is 14.3 Å². The minimum atomic E-state index is -0.409. The zero-order valence-electron chi connectivity index (χ0n) is 19.3. The Hall–Kier alpha value is -3.57. The summed E-state index contributed by atoms with van der Waals surface area (Å²) in [5.41, 5.74) is 4.40. The fourth-order valence-corrected chi connectivity index (χ4v) is 3.93. The maximum atomic E-state index is 13.0. The summed E-state index contributed by atoms with van der Waals surface area (Å²) in [4.78, 5) is 15.2. The summed E-state index contributed by atoms with van der Waals surface area (Å²) < 4.78 is 11.4. The summed E-state index contributed by atoms with van der Waals surface area (Å²) in [5, 5.41) is 10.7. The van der Waals surface area contributed by atoms with Crippen molar-refractivity contribution >= 4 is 11.0 Å². The lowest BCUT2D eigenvalue weighted by Gasteiger charge is -2.13. The van der Waals surface area contributed by atoms with Crippen molar-refractivity contribution in [3.8, 4) is 22.6 Å². The third-order valence-electron chi connectivity index (χ3n) is 5.66. The normalized spacial score (nSPS) is 11.3. The molecule has 33 heavy (non-hydrogen) atoms. The van der Waals surface area contributed by atoms with Gasteiger partial charge in [-0.2, -0.15) is 0 Å². The Morgan fingerprint density at radius 3 is 2.39 bits per heavy atom. The molecule has 0 aliphatic heterocycles. The number of aromatic hydroxyl groups is 1. The van der Waals surface area contributed by atoms with Crippen molar-refractivity contribution in [1.82, 2.24) is 4.90 Å². The van der Waals surface area contributed by atoms with Gasteiger partial charge in [0, 0.05) is 18.0 Å². The zero-order chi connectivity index (χ0) is 23.4. The van der Waals surface area contributed by atoms with Gasteiger partial charge in [0.15, 0.2) is 0 Å². The largest absolute Gasteiger partial charge is 0.508 e. The van der Waals surface area contributed by atoms with Crippen LogP contribution in [0.15, 0.2) is 75.9 Å². The van der Waals surface area contributed by atoms with Crippen molar-refractivity contribution in [1.29, 1.82) is 0 Å². The predicted molar refractivity (Wildman–Crippen MR) is 132 cm³/mol. The second-order valence-electron chi connectivity index (χ2n) is 8.62. The molecule has 0 spiro atoms. The molecule has 1 heterocycles. The van der Waals surface area contributed by atoms with Crippen LogP contribution in [-0.2, 0) is 6.42 Å². The Bertz CT molecular complexity index is 1290. The maximum Gasteiger partial charge on any atom is 0.344 e. The van der Waals surface area contributed by atoms with E-state index in [9.17, 15) is 9.90 Å². The summed E-state index contributed by atoms with van der Waals surface area (Å²) >= 11 is 0. The van der Waals surface area contributed by atoms with Crippen molar-refractivity contribution in [3.63, 3.8) is 0 Å². The molecule has 0 fully saturated rings. The van der Waals surface area contributed by atoms with E-state index < -0.39 is 5.63 Å². The highest BCUT2D eigenvalue weighted by Crippen LogP contribution is 2.31. The van der Waals surface area contributed by atoms with Crippen LogP contribution < -0.4 is 10.4 Å². The first-order valence-electron chi connectivity index (χ1n) is 11.1. The molecule has 0 amide bonds. The van der Waals surface area contributed by atoms with Gasteiger partial charge in [0.2, 0.25) is 0 Å². The molecular weight excluding hydrogens is 414 g/mol. The molecule has 0 aliphatic carbocycles. The predicted octanol–water partition coefficient (Wildman–Crippen LogP) is 5.40. The van der Waals surface area contributed by atoms with Crippen LogP contribution in [0.5, 0.6) is 11.5 Å². The van der Waals surface area contributed by atoms with E-state index in [2.05, 4.69) is 19.0 Å². The second kappa shape index (κ2) is 9.92. The lowest BCUT2D eigenvalue weighted by atomic mass is 9.93. The first kappa shape index (κ1) is 22.6. The molecule has 0 unspecified atom stereocenters. The van der Waals surface area contributed by atoms with Crippen LogP contribution in [0.2, 0.25) is 0 Å². The van der Waals surface area contributed by atoms with E-state index in [0.717, 1.165) is 46.4 Å². The summed E-state index contributed by atoms with van der Waals surface area (Å²) in [7, 11) is 4.10. The van der Waals surface area contributed by atoms with Gasteiger partial charge in [-0.1, -0.05) is 42.0 Å². The highest BCUT2D eigenvalue weighted by molar-refractivity contribution is 5.88. The van der Waals surface area contributed by atoms with E-state index in [4.69, 9.17) is 9.15 Å². The number of benzene rings is 3.